The van der Waals surface area contributed by atoms with Crippen molar-refractivity contribution in [2.45, 2.75) is 32.2 Å². The normalized spacial score (nSPS) is 18.5. The van der Waals surface area contributed by atoms with E-state index in [-0.39, 0.29) is 11.6 Å². The SMILES string of the molecule is Cc1cc(=O)n2nc(N3CCCCC3c3nn(C)cc3I)sc2n1. The molecule has 0 spiro atoms. The van der Waals surface area contributed by atoms with Crippen molar-refractivity contribution in [1.82, 2.24) is 24.4 Å². The summed E-state index contributed by atoms with van der Waals surface area (Å²) >= 11 is 3.82. The van der Waals surface area contributed by atoms with Crippen LogP contribution in [0.3, 0.4) is 0 Å². The molecule has 0 radical (unpaired) electrons. The lowest BCUT2D eigenvalue weighted by atomic mass is 10.0. The van der Waals surface area contributed by atoms with Crippen LogP contribution in [0.4, 0.5) is 5.13 Å². The van der Waals surface area contributed by atoms with Gasteiger partial charge in [0.1, 0.15) is 0 Å². The molecule has 1 atom stereocenters. The van der Waals surface area contributed by atoms with E-state index in [1.807, 2.05) is 24.9 Å². The van der Waals surface area contributed by atoms with Gasteiger partial charge in [0.15, 0.2) is 0 Å². The van der Waals surface area contributed by atoms with Crippen LogP contribution in [0.5, 0.6) is 0 Å². The fraction of sp³-hybridized carbons (Fsp3) is 0.467. The van der Waals surface area contributed by atoms with Gasteiger partial charge in [0.2, 0.25) is 10.1 Å². The number of halogens is 1. The van der Waals surface area contributed by atoms with E-state index >= 15 is 0 Å². The lowest BCUT2D eigenvalue weighted by Crippen LogP contribution is -2.34. The Morgan fingerprint density at radius 2 is 2.17 bits per heavy atom. The molecular weight excluding hydrogens is 439 g/mol. The average molecular weight is 456 g/mol. The highest BCUT2D eigenvalue weighted by molar-refractivity contribution is 14.1. The summed E-state index contributed by atoms with van der Waals surface area (Å²) in [5.74, 6) is 0. The molecule has 0 amide bonds. The van der Waals surface area contributed by atoms with Crippen molar-refractivity contribution in [2.75, 3.05) is 11.4 Å². The zero-order chi connectivity index (χ0) is 16.8. The molecule has 3 aromatic rings. The van der Waals surface area contributed by atoms with Crippen LogP contribution in [0.1, 0.15) is 36.7 Å². The number of rotatable bonds is 2. The number of hydrogen-bond acceptors (Lipinski definition) is 6. The predicted octanol–water partition coefficient (Wildman–Crippen LogP) is 2.53. The monoisotopic (exact) mass is 456 g/mol. The summed E-state index contributed by atoms with van der Waals surface area (Å²) in [4.78, 5) is 19.5. The van der Waals surface area contributed by atoms with Crippen molar-refractivity contribution in [2.24, 2.45) is 7.05 Å². The van der Waals surface area contributed by atoms with Crippen LogP contribution in [0.25, 0.3) is 4.96 Å². The van der Waals surface area contributed by atoms with Gasteiger partial charge in [0, 0.05) is 31.5 Å². The molecule has 1 unspecified atom stereocenters. The van der Waals surface area contributed by atoms with E-state index in [9.17, 15) is 4.79 Å². The van der Waals surface area contributed by atoms with Gasteiger partial charge >= 0.3 is 0 Å². The van der Waals surface area contributed by atoms with Crippen molar-refractivity contribution >= 4 is 44.0 Å². The van der Waals surface area contributed by atoms with Gasteiger partial charge in [0.05, 0.1) is 15.3 Å². The zero-order valence-electron chi connectivity index (χ0n) is 13.4. The van der Waals surface area contributed by atoms with Crippen molar-refractivity contribution < 1.29 is 0 Å². The molecule has 3 aromatic heterocycles. The molecule has 0 aromatic carbocycles. The molecule has 9 heteroatoms. The van der Waals surface area contributed by atoms with Crippen LogP contribution >= 0.6 is 33.9 Å². The van der Waals surface area contributed by atoms with Gasteiger partial charge < -0.3 is 4.90 Å². The van der Waals surface area contributed by atoms with Crippen molar-refractivity contribution in [3.8, 4) is 0 Å². The standard InChI is InChI=1S/C15H17IN6OS/c1-9-7-12(23)22-14(17-9)24-15(19-22)21-6-4-3-5-11(21)13-10(16)8-20(2)18-13/h7-8,11H,3-6H2,1-2H3. The molecule has 0 aliphatic carbocycles. The minimum absolute atomic E-state index is 0.124. The summed E-state index contributed by atoms with van der Waals surface area (Å²) in [5.41, 5.74) is 1.69. The topological polar surface area (TPSA) is 68.3 Å². The molecular formula is C15H17IN6OS. The minimum Gasteiger partial charge on any atom is -0.338 e. The number of nitrogens with zero attached hydrogens (tertiary/aromatic N) is 6. The quantitative estimate of drug-likeness (QED) is 0.555. The van der Waals surface area contributed by atoms with E-state index in [2.05, 4.69) is 42.7 Å². The molecule has 0 N–H and O–H groups in total. The average Bonchev–Trinajstić information content (AvgIpc) is 3.10. The number of aromatic nitrogens is 5. The Morgan fingerprint density at radius 3 is 2.92 bits per heavy atom. The highest BCUT2D eigenvalue weighted by Gasteiger charge is 2.30. The van der Waals surface area contributed by atoms with Gasteiger partial charge in [0.25, 0.3) is 5.56 Å². The van der Waals surface area contributed by atoms with Crippen LogP contribution in [-0.2, 0) is 7.05 Å². The Hall–Kier alpha value is -1.49. The molecule has 1 aliphatic rings. The Balaban J connectivity index is 1.79. The third kappa shape index (κ3) is 2.73. The molecule has 1 aliphatic heterocycles. The van der Waals surface area contributed by atoms with Crippen LogP contribution in [0.2, 0.25) is 0 Å². The van der Waals surface area contributed by atoms with Crippen LogP contribution in [0.15, 0.2) is 17.1 Å². The minimum atomic E-state index is -0.124. The smallest absolute Gasteiger partial charge is 0.275 e. The second-order valence-electron chi connectivity index (χ2n) is 6.06. The molecule has 0 saturated carbocycles. The second kappa shape index (κ2) is 6.10. The van der Waals surface area contributed by atoms with Gasteiger partial charge in [-0.3, -0.25) is 9.48 Å². The maximum absolute atomic E-state index is 12.1. The van der Waals surface area contributed by atoms with E-state index in [0.29, 0.717) is 4.96 Å². The summed E-state index contributed by atoms with van der Waals surface area (Å²) in [6, 6.07) is 1.72. The fourth-order valence-corrected chi connectivity index (χ4v) is 5.07. The van der Waals surface area contributed by atoms with Gasteiger partial charge in [-0.1, -0.05) is 11.3 Å². The summed E-state index contributed by atoms with van der Waals surface area (Å²) in [5, 5.41) is 10.0. The van der Waals surface area contributed by atoms with Crippen molar-refractivity contribution in [3.63, 3.8) is 0 Å². The third-order valence-corrected chi connectivity index (χ3v) is 6.01. The second-order valence-corrected chi connectivity index (χ2v) is 8.15. The van der Waals surface area contributed by atoms with E-state index in [4.69, 9.17) is 0 Å². The highest BCUT2D eigenvalue weighted by atomic mass is 127. The molecule has 4 heterocycles. The zero-order valence-corrected chi connectivity index (χ0v) is 16.4. The Kier molecular flexibility index (Phi) is 4.07. The maximum atomic E-state index is 12.1. The summed E-state index contributed by atoms with van der Waals surface area (Å²) in [6.07, 6.45) is 5.38. The lowest BCUT2D eigenvalue weighted by molar-refractivity contribution is 0.458. The first-order valence-electron chi connectivity index (χ1n) is 7.86. The largest absolute Gasteiger partial charge is 0.338 e. The molecule has 126 valence electrons. The van der Waals surface area contributed by atoms with E-state index in [0.717, 1.165) is 35.9 Å². The Labute approximate surface area is 156 Å². The first-order valence-corrected chi connectivity index (χ1v) is 9.75. The number of anilines is 1. The first-order chi connectivity index (χ1) is 11.5. The molecule has 1 saturated heterocycles. The first kappa shape index (κ1) is 16.0. The van der Waals surface area contributed by atoms with Gasteiger partial charge in [-0.25, -0.2) is 4.98 Å². The van der Waals surface area contributed by atoms with Crippen LogP contribution in [-0.4, -0.2) is 30.9 Å². The summed E-state index contributed by atoms with van der Waals surface area (Å²) in [7, 11) is 1.95. The molecule has 24 heavy (non-hydrogen) atoms. The maximum Gasteiger partial charge on any atom is 0.275 e. The fourth-order valence-electron chi connectivity index (χ4n) is 3.17. The summed E-state index contributed by atoms with van der Waals surface area (Å²) in [6.45, 7) is 2.76. The van der Waals surface area contributed by atoms with E-state index in [1.165, 1.54) is 31.9 Å². The molecule has 1 fully saturated rings. The molecule has 4 rings (SSSR count). The van der Waals surface area contributed by atoms with Crippen LogP contribution < -0.4 is 10.5 Å². The lowest BCUT2D eigenvalue weighted by Gasteiger charge is -2.34. The number of fused-ring (bicyclic) bond motifs is 1. The number of aryl methyl sites for hydroxylation is 2. The highest BCUT2D eigenvalue weighted by Crippen LogP contribution is 2.37. The Morgan fingerprint density at radius 1 is 1.33 bits per heavy atom. The van der Waals surface area contributed by atoms with Crippen LogP contribution in [0, 0.1) is 10.5 Å². The van der Waals surface area contributed by atoms with Gasteiger partial charge in [-0.05, 0) is 48.8 Å². The molecule has 7 nitrogen and oxygen atoms in total. The number of piperidine rings is 1. The van der Waals surface area contributed by atoms with Crippen molar-refractivity contribution in [3.05, 3.63) is 37.6 Å². The third-order valence-electron chi connectivity index (χ3n) is 4.24. The van der Waals surface area contributed by atoms with Crippen molar-refractivity contribution in [1.29, 1.82) is 0 Å². The summed E-state index contributed by atoms with van der Waals surface area (Å²) < 4.78 is 4.43. The molecule has 0 bridgehead atoms. The predicted molar refractivity (Wildman–Crippen MR) is 102 cm³/mol. The van der Waals surface area contributed by atoms with E-state index < -0.39 is 0 Å². The van der Waals surface area contributed by atoms with Gasteiger partial charge in [-0.15, -0.1) is 5.10 Å². The Bertz CT molecular complexity index is 961. The van der Waals surface area contributed by atoms with E-state index in [1.54, 1.807) is 0 Å². The van der Waals surface area contributed by atoms with Gasteiger partial charge in [-0.2, -0.15) is 9.61 Å². The number of hydrogen-bond donors (Lipinski definition) is 0.